The van der Waals surface area contributed by atoms with E-state index in [-0.39, 0.29) is 12.5 Å². The number of nitrogens with two attached hydrogens (primary N) is 1. The number of rotatable bonds is 8. The van der Waals surface area contributed by atoms with Gasteiger partial charge in [0.15, 0.2) is 0 Å². The van der Waals surface area contributed by atoms with Crippen LogP contribution >= 0.6 is 0 Å². The largest absolute Gasteiger partial charge is 0.445 e. The molecule has 144 valence electrons. The Morgan fingerprint density at radius 3 is 2.15 bits per heavy atom. The highest BCUT2D eigenvalue weighted by atomic mass is 16.5. The molecule has 0 aliphatic carbocycles. The summed E-state index contributed by atoms with van der Waals surface area (Å²) in [5, 5.41) is 14.6. The van der Waals surface area contributed by atoms with Gasteiger partial charge in [-0.2, -0.15) is 0 Å². The maximum absolute atomic E-state index is 12.4. The van der Waals surface area contributed by atoms with Crippen LogP contribution in [0.3, 0.4) is 0 Å². The molecule has 1 rings (SSSR count). The van der Waals surface area contributed by atoms with Gasteiger partial charge < -0.3 is 20.5 Å². The molecule has 0 saturated heterocycles. The van der Waals surface area contributed by atoms with Crippen LogP contribution in [-0.2, 0) is 20.9 Å². The van der Waals surface area contributed by atoms with Gasteiger partial charge in [0.25, 0.3) is 5.91 Å². The molecule has 3 unspecified atom stereocenters. The Labute approximate surface area is 152 Å². The fraction of sp³-hybridized carbons (Fsp3) is 0.471. The number of carbonyl (C=O) groups is 3. The van der Waals surface area contributed by atoms with Gasteiger partial charge in [0, 0.05) is 0 Å². The van der Waals surface area contributed by atoms with Gasteiger partial charge in [0.1, 0.15) is 18.7 Å². The van der Waals surface area contributed by atoms with Gasteiger partial charge in [0.05, 0.1) is 6.10 Å². The van der Waals surface area contributed by atoms with Crippen molar-refractivity contribution < 1.29 is 24.2 Å². The number of carbonyl (C=O) groups excluding carboxylic acids is 3. The summed E-state index contributed by atoms with van der Waals surface area (Å²) in [6.07, 6.45) is -2.06. The standard InChI is InChI=1S/C17H26N4O5/c1-10(2)13(16(24)21-18)19-15(23)14(11(3)22)20-17(25)26-9-12-7-5-4-6-8-12/h4-8,10-11,13-14,22H,9,18H2,1-3H3,(H,19,23)(H,20,25)(H,21,24). The van der Waals surface area contributed by atoms with E-state index in [1.165, 1.54) is 6.92 Å². The molecule has 9 heteroatoms. The summed E-state index contributed by atoms with van der Waals surface area (Å²) in [5.74, 6) is 3.56. The van der Waals surface area contributed by atoms with Crippen molar-refractivity contribution in [3.63, 3.8) is 0 Å². The van der Waals surface area contributed by atoms with Crippen molar-refractivity contribution in [2.75, 3.05) is 0 Å². The van der Waals surface area contributed by atoms with Crippen molar-refractivity contribution in [2.24, 2.45) is 11.8 Å². The topological polar surface area (TPSA) is 143 Å². The molecule has 0 aliphatic heterocycles. The third-order valence-electron chi connectivity index (χ3n) is 3.64. The summed E-state index contributed by atoms with van der Waals surface area (Å²) in [5.41, 5.74) is 2.75. The zero-order valence-electron chi connectivity index (χ0n) is 15.1. The molecule has 9 nitrogen and oxygen atoms in total. The molecule has 0 radical (unpaired) electrons. The molecule has 0 aromatic heterocycles. The van der Waals surface area contributed by atoms with Crippen LogP contribution in [0.25, 0.3) is 0 Å². The van der Waals surface area contributed by atoms with Crippen LogP contribution in [0.15, 0.2) is 30.3 Å². The van der Waals surface area contributed by atoms with Crippen LogP contribution in [0.1, 0.15) is 26.3 Å². The van der Waals surface area contributed by atoms with Gasteiger partial charge in [-0.05, 0) is 18.4 Å². The number of nitrogens with one attached hydrogen (secondary N) is 3. The molecule has 0 aliphatic rings. The number of aliphatic hydroxyl groups excluding tert-OH is 1. The molecule has 1 aromatic carbocycles. The van der Waals surface area contributed by atoms with Gasteiger partial charge in [0.2, 0.25) is 5.91 Å². The SMILES string of the molecule is CC(C)C(NC(=O)C(NC(=O)OCc1ccccc1)C(C)O)C(=O)NN. The van der Waals surface area contributed by atoms with Crippen molar-refractivity contribution in [1.82, 2.24) is 16.1 Å². The summed E-state index contributed by atoms with van der Waals surface area (Å²) in [4.78, 5) is 36.0. The monoisotopic (exact) mass is 366 g/mol. The van der Waals surface area contributed by atoms with E-state index in [0.717, 1.165) is 5.56 Å². The second-order valence-corrected chi connectivity index (χ2v) is 6.16. The average Bonchev–Trinajstić information content (AvgIpc) is 2.61. The minimum Gasteiger partial charge on any atom is -0.445 e. The average molecular weight is 366 g/mol. The summed E-state index contributed by atoms with van der Waals surface area (Å²) in [6.45, 7) is 4.80. The Kier molecular flexibility index (Phi) is 8.53. The summed E-state index contributed by atoms with van der Waals surface area (Å²) >= 11 is 0. The van der Waals surface area contributed by atoms with E-state index >= 15 is 0 Å². The Morgan fingerprint density at radius 1 is 1.04 bits per heavy atom. The highest BCUT2D eigenvalue weighted by Crippen LogP contribution is 2.05. The zero-order chi connectivity index (χ0) is 19.7. The molecule has 26 heavy (non-hydrogen) atoms. The first-order valence-corrected chi connectivity index (χ1v) is 8.22. The fourth-order valence-electron chi connectivity index (χ4n) is 2.16. The molecule has 0 fully saturated rings. The summed E-state index contributed by atoms with van der Waals surface area (Å²) < 4.78 is 5.04. The maximum atomic E-state index is 12.4. The number of hydrogen-bond acceptors (Lipinski definition) is 6. The minimum absolute atomic E-state index is 0.0189. The molecular formula is C17H26N4O5. The number of hydrogen-bond donors (Lipinski definition) is 5. The summed E-state index contributed by atoms with van der Waals surface area (Å²) in [6, 6.07) is 6.81. The van der Waals surface area contributed by atoms with Crippen molar-refractivity contribution in [2.45, 2.75) is 45.6 Å². The second kappa shape index (κ2) is 10.4. The van der Waals surface area contributed by atoms with Crippen molar-refractivity contribution in [3.8, 4) is 0 Å². The Hall–Kier alpha value is -2.65. The lowest BCUT2D eigenvalue weighted by Gasteiger charge is -2.25. The Morgan fingerprint density at radius 2 is 1.65 bits per heavy atom. The van der Waals surface area contributed by atoms with E-state index in [1.54, 1.807) is 38.1 Å². The first kappa shape index (κ1) is 21.4. The Bertz CT molecular complexity index is 606. The molecule has 3 atom stereocenters. The molecule has 3 amide bonds. The first-order valence-electron chi connectivity index (χ1n) is 8.22. The van der Waals surface area contributed by atoms with E-state index in [2.05, 4.69) is 10.6 Å². The number of alkyl carbamates (subject to hydrolysis) is 1. The lowest BCUT2D eigenvalue weighted by atomic mass is 10.0. The van der Waals surface area contributed by atoms with Gasteiger partial charge in [-0.3, -0.25) is 15.0 Å². The Balaban J connectivity index is 2.67. The molecule has 1 aromatic rings. The highest BCUT2D eigenvalue weighted by molar-refractivity contribution is 5.91. The van der Waals surface area contributed by atoms with Crippen LogP contribution in [0.4, 0.5) is 4.79 Å². The van der Waals surface area contributed by atoms with E-state index in [0.29, 0.717) is 0 Å². The molecule has 0 spiro atoms. The third-order valence-corrected chi connectivity index (χ3v) is 3.64. The number of benzene rings is 1. The maximum Gasteiger partial charge on any atom is 0.408 e. The van der Waals surface area contributed by atoms with Crippen LogP contribution < -0.4 is 21.9 Å². The van der Waals surface area contributed by atoms with Crippen molar-refractivity contribution >= 4 is 17.9 Å². The second-order valence-electron chi connectivity index (χ2n) is 6.16. The van der Waals surface area contributed by atoms with Gasteiger partial charge >= 0.3 is 6.09 Å². The molecular weight excluding hydrogens is 340 g/mol. The van der Waals surface area contributed by atoms with Crippen LogP contribution in [0.5, 0.6) is 0 Å². The van der Waals surface area contributed by atoms with Crippen molar-refractivity contribution in [3.05, 3.63) is 35.9 Å². The van der Waals surface area contributed by atoms with E-state index in [4.69, 9.17) is 10.6 Å². The van der Waals surface area contributed by atoms with Crippen LogP contribution in [0, 0.1) is 5.92 Å². The van der Waals surface area contributed by atoms with E-state index in [1.807, 2.05) is 11.5 Å². The minimum atomic E-state index is -1.29. The third kappa shape index (κ3) is 6.69. The van der Waals surface area contributed by atoms with Gasteiger partial charge in [-0.15, -0.1) is 0 Å². The number of hydrazine groups is 1. The van der Waals surface area contributed by atoms with E-state index < -0.39 is 36.1 Å². The lowest BCUT2D eigenvalue weighted by Crippen LogP contribution is -2.58. The number of amides is 3. The molecule has 0 heterocycles. The smallest absolute Gasteiger partial charge is 0.408 e. The molecule has 0 saturated carbocycles. The number of aliphatic hydroxyl groups is 1. The normalized spacial score (nSPS) is 14.1. The van der Waals surface area contributed by atoms with Gasteiger partial charge in [-0.25, -0.2) is 10.6 Å². The number of ether oxygens (including phenoxy) is 1. The fourth-order valence-corrected chi connectivity index (χ4v) is 2.16. The molecule has 6 N–H and O–H groups in total. The van der Waals surface area contributed by atoms with Gasteiger partial charge in [-0.1, -0.05) is 44.2 Å². The van der Waals surface area contributed by atoms with Crippen molar-refractivity contribution in [1.29, 1.82) is 0 Å². The predicted octanol–water partition coefficient (Wildman–Crippen LogP) is -0.207. The van der Waals surface area contributed by atoms with Crippen LogP contribution in [0.2, 0.25) is 0 Å². The predicted molar refractivity (Wildman–Crippen MR) is 94.3 cm³/mol. The first-order chi connectivity index (χ1) is 12.3. The van der Waals surface area contributed by atoms with Crippen LogP contribution in [-0.4, -0.2) is 41.2 Å². The van der Waals surface area contributed by atoms with E-state index in [9.17, 15) is 19.5 Å². The lowest BCUT2D eigenvalue weighted by molar-refractivity contribution is -0.132. The quantitative estimate of drug-likeness (QED) is 0.245. The zero-order valence-corrected chi connectivity index (χ0v) is 15.1. The summed E-state index contributed by atoms with van der Waals surface area (Å²) in [7, 11) is 0. The highest BCUT2D eigenvalue weighted by Gasteiger charge is 2.31. The molecule has 0 bridgehead atoms.